The Morgan fingerprint density at radius 2 is 1.65 bits per heavy atom. The van der Waals surface area contributed by atoms with E-state index in [4.69, 9.17) is 4.84 Å². The second kappa shape index (κ2) is 13.1. The van der Waals surface area contributed by atoms with E-state index in [0.717, 1.165) is 19.6 Å². The van der Waals surface area contributed by atoms with Gasteiger partial charge in [-0.2, -0.15) is 0 Å². The van der Waals surface area contributed by atoms with Gasteiger partial charge in [0.05, 0.1) is 23.7 Å². The predicted octanol–water partition coefficient (Wildman–Crippen LogP) is 8.29. The summed E-state index contributed by atoms with van der Waals surface area (Å²) in [5.74, 6) is 2.70. The second-order valence-corrected chi connectivity index (χ2v) is 21.5. The molecule has 5 fully saturated rings. The Kier molecular flexibility index (Phi) is 9.58. The third-order valence-corrected chi connectivity index (χ3v) is 18.3. The lowest BCUT2D eigenvalue weighted by molar-refractivity contribution is -0.231. The van der Waals surface area contributed by atoms with Crippen molar-refractivity contribution in [3.05, 3.63) is 53.6 Å². The zero-order valence-electron chi connectivity index (χ0n) is 32.2. The van der Waals surface area contributed by atoms with E-state index in [1.54, 1.807) is 12.1 Å². The summed E-state index contributed by atoms with van der Waals surface area (Å²) in [4.78, 5) is 20.2. The van der Waals surface area contributed by atoms with Crippen molar-refractivity contribution < 1.29 is 23.2 Å². The number of carboxylic acids is 1. The van der Waals surface area contributed by atoms with E-state index < -0.39 is 15.8 Å². The number of sulfone groups is 1. The topological polar surface area (TPSA) is 95.9 Å². The summed E-state index contributed by atoms with van der Waals surface area (Å²) < 4.78 is 23.7. The number of allylic oxidation sites excluding steroid dienone is 3. The molecule has 8 heteroatoms. The standard InChI is InChI=1S/C43H64N2O5S/c1-29(2)32-14-19-43(28-50-44-22-23-45-24-26-51(48,49)27-25-45)21-20-41(6)34(37(32)43)12-13-36-40(5)17-15-33(30-8-10-31(11-9-30)38(46)47)39(3,4)35(40)16-18-42(36,41)7/h8-11,15,32,34-37,44H,1,12-14,16-28H2,2-7H3,(H,46,47)/t32-,34?,35?,36?,37?,40-,41+,42+,43+/m0/s1. The molecule has 7 rings (SSSR count). The predicted molar refractivity (Wildman–Crippen MR) is 205 cm³/mol. The number of carbonyl (C=O) groups is 1. The van der Waals surface area contributed by atoms with Crippen LogP contribution in [0.4, 0.5) is 0 Å². The van der Waals surface area contributed by atoms with Crippen LogP contribution in [0.15, 0.2) is 42.5 Å². The van der Waals surface area contributed by atoms with Crippen molar-refractivity contribution in [3.8, 4) is 0 Å². The first-order chi connectivity index (χ1) is 24.0. The normalized spacial score (nSPS) is 41.4. The van der Waals surface area contributed by atoms with Crippen molar-refractivity contribution >= 4 is 21.4 Å². The molecule has 51 heavy (non-hydrogen) atoms. The average molecular weight is 721 g/mol. The monoisotopic (exact) mass is 720 g/mol. The third-order valence-electron chi connectivity index (χ3n) is 16.7. The van der Waals surface area contributed by atoms with E-state index in [1.807, 2.05) is 12.1 Å². The minimum atomic E-state index is -2.86. The quantitative estimate of drug-likeness (QED) is 0.151. The van der Waals surface area contributed by atoms with Gasteiger partial charge in [-0.05, 0) is 145 Å². The largest absolute Gasteiger partial charge is 0.478 e. The van der Waals surface area contributed by atoms with Gasteiger partial charge >= 0.3 is 5.97 Å². The molecule has 7 nitrogen and oxygen atoms in total. The lowest BCUT2D eigenvalue weighted by Crippen LogP contribution is -2.65. The molecule has 0 radical (unpaired) electrons. The van der Waals surface area contributed by atoms with Gasteiger partial charge < -0.3 is 9.94 Å². The van der Waals surface area contributed by atoms with Gasteiger partial charge in [0.25, 0.3) is 0 Å². The maximum Gasteiger partial charge on any atom is 0.335 e. The average Bonchev–Trinajstić information content (AvgIpc) is 3.45. The number of hydrogen-bond acceptors (Lipinski definition) is 6. The molecule has 0 spiro atoms. The molecule has 0 amide bonds. The Morgan fingerprint density at radius 1 is 0.941 bits per heavy atom. The van der Waals surface area contributed by atoms with E-state index in [-0.39, 0.29) is 38.6 Å². The Hall–Kier alpha value is -2.00. The molecule has 1 aromatic carbocycles. The number of rotatable bonds is 9. The van der Waals surface area contributed by atoms with Crippen LogP contribution in [0.5, 0.6) is 0 Å². The summed E-state index contributed by atoms with van der Waals surface area (Å²) in [5.41, 5.74) is 8.49. The van der Waals surface area contributed by atoms with Gasteiger partial charge in [-0.15, -0.1) is 0 Å². The SMILES string of the molecule is C=C(C)[C@@H]1CC[C@]2(CONCCN3CCS(=O)(=O)CC3)CC[C@]3(C)C(CCC4[C@@]5(C)CC=C(c6ccc(C(=O)O)cc6)C(C)(C)C5CC[C@]43C)C12. The van der Waals surface area contributed by atoms with Gasteiger partial charge in [0, 0.05) is 26.2 Å². The molecule has 9 atom stereocenters. The number of nitrogens with zero attached hydrogens (tertiary/aromatic N) is 1. The highest BCUT2D eigenvalue weighted by Crippen LogP contribution is 2.77. The molecule has 1 saturated heterocycles. The number of nitrogens with one attached hydrogen (secondary N) is 1. The van der Waals surface area contributed by atoms with Crippen molar-refractivity contribution in [1.82, 2.24) is 10.4 Å². The van der Waals surface area contributed by atoms with Crippen molar-refractivity contribution in [2.24, 2.45) is 56.7 Å². The Balaban J connectivity index is 1.09. The Bertz CT molecular complexity index is 1650. The number of carboxylic acid groups (broad SMARTS) is 1. The number of aromatic carboxylic acids is 1. The summed E-state index contributed by atoms with van der Waals surface area (Å²) >= 11 is 0. The second-order valence-electron chi connectivity index (χ2n) is 19.2. The van der Waals surface area contributed by atoms with Gasteiger partial charge in [0.2, 0.25) is 0 Å². The van der Waals surface area contributed by atoms with Gasteiger partial charge in [-0.25, -0.2) is 18.7 Å². The summed E-state index contributed by atoms with van der Waals surface area (Å²) in [6.45, 7) is 23.3. The highest BCUT2D eigenvalue weighted by Gasteiger charge is 2.70. The highest BCUT2D eigenvalue weighted by atomic mass is 32.2. The molecule has 0 aromatic heterocycles. The van der Waals surface area contributed by atoms with Gasteiger partial charge in [-0.1, -0.05) is 65.0 Å². The molecule has 1 heterocycles. The maximum absolute atomic E-state index is 11.8. The van der Waals surface area contributed by atoms with Crippen LogP contribution >= 0.6 is 0 Å². The fourth-order valence-corrected chi connectivity index (χ4v) is 15.1. The molecule has 0 bridgehead atoms. The summed E-state index contributed by atoms with van der Waals surface area (Å²) in [5, 5.41) is 9.49. The zero-order valence-corrected chi connectivity index (χ0v) is 33.0. The molecule has 2 N–H and O–H groups in total. The first-order valence-electron chi connectivity index (χ1n) is 19.9. The lowest BCUT2D eigenvalue weighted by atomic mass is 9.32. The maximum atomic E-state index is 11.8. The van der Waals surface area contributed by atoms with Crippen molar-refractivity contribution in [3.63, 3.8) is 0 Å². The number of hydroxylamine groups is 1. The molecule has 282 valence electrons. The van der Waals surface area contributed by atoms with Crippen molar-refractivity contribution in [2.45, 2.75) is 99.3 Å². The van der Waals surface area contributed by atoms with E-state index >= 15 is 0 Å². The molecule has 6 aliphatic rings. The number of hydrogen-bond donors (Lipinski definition) is 2. The zero-order chi connectivity index (χ0) is 36.6. The molecule has 4 saturated carbocycles. The van der Waals surface area contributed by atoms with Crippen LogP contribution in [0.25, 0.3) is 5.57 Å². The van der Waals surface area contributed by atoms with Gasteiger partial charge in [-0.3, -0.25) is 4.90 Å². The molecule has 1 aromatic rings. The third kappa shape index (κ3) is 6.01. The fourth-order valence-electron chi connectivity index (χ4n) is 13.9. The lowest BCUT2D eigenvalue weighted by Gasteiger charge is -2.72. The molecule has 5 aliphatic carbocycles. The smallest absolute Gasteiger partial charge is 0.335 e. The minimum Gasteiger partial charge on any atom is -0.478 e. The first-order valence-corrected chi connectivity index (χ1v) is 21.8. The van der Waals surface area contributed by atoms with Crippen LogP contribution in [0.1, 0.15) is 115 Å². The summed E-state index contributed by atoms with van der Waals surface area (Å²) in [6, 6.07) is 7.57. The molecule has 4 unspecified atom stereocenters. The van der Waals surface area contributed by atoms with Crippen molar-refractivity contribution in [1.29, 1.82) is 0 Å². The van der Waals surface area contributed by atoms with Crippen LogP contribution in [-0.4, -0.2) is 68.7 Å². The number of fused-ring (bicyclic) bond motifs is 7. The van der Waals surface area contributed by atoms with Crippen LogP contribution in [0.2, 0.25) is 0 Å². The Labute approximate surface area is 307 Å². The molecule has 1 aliphatic heterocycles. The molecular weight excluding hydrogens is 657 g/mol. The van der Waals surface area contributed by atoms with Crippen LogP contribution in [0.3, 0.4) is 0 Å². The van der Waals surface area contributed by atoms with Crippen LogP contribution in [0, 0.1) is 56.7 Å². The number of benzene rings is 1. The fraction of sp³-hybridized carbons (Fsp3) is 0.744. The highest BCUT2D eigenvalue weighted by molar-refractivity contribution is 7.91. The van der Waals surface area contributed by atoms with E-state index in [2.05, 4.69) is 64.6 Å². The van der Waals surface area contributed by atoms with E-state index in [9.17, 15) is 18.3 Å². The van der Waals surface area contributed by atoms with Gasteiger partial charge in [0.1, 0.15) is 0 Å². The van der Waals surface area contributed by atoms with Crippen LogP contribution < -0.4 is 5.48 Å². The summed E-state index contributed by atoms with van der Waals surface area (Å²) in [6.07, 6.45) is 13.6. The van der Waals surface area contributed by atoms with Crippen molar-refractivity contribution in [2.75, 3.05) is 44.3 Å². The van der Waals surface area contributed by atoms with Gasteiger partial charge in [0.15, 0.2) is 9.84 Å². The van der Waals surface area contributed by atoms with E-state index in [0.29, 0.717) is 54.8 Å². The molecular formula is C43H64N2O5S. The van der Waals surface area contributed by atoms with E-state index in [1.165, 1.54) is 68.1 Å². The summed E-state index contributed by atoms with van der Waals surface area (Å²) in [7, 11) is -2.86. The van der Waals surface area contributed by atoms with Crippen LogP contribution in [-0.2, 0) is 14.7 Å². The minimum absolute atomic E-state index is 0.00504. The Morgan fingerprint density at radius 3 is 2.31 bits per heavy atom. The first kappa shape index (κ1) is 37.3.